The van der Waals surface area contributed by atoms with Crippen LogP contribution in [0.25, 0.3) is 56.0 Å². The molecule has 6 aromatic heterocycles. The van der Waals surface area contributed by atoms with Crippen LogP contribution in [0.5, 0.6) is 0 Å². The molecule has 37 heavy (non-hydrogen) atoms. The van der Waals surface area contributed by atoms with Gasteiger partial charge in [0.05, 0.1) is 5.39 Å². The molecule has 0 amide bonds. The second-order valence-corrected chi connectivity index (χ2v) is 9.49. The van der Waals surface area contributed by atoms with Gasteiger partial charge in [-0.15, -0.1) is 0 Å². The van der Waals surface area contributed by atoms with E-state index in [0.29, 0.717) is 22.8 Å². The van der Waals surface area contributed by atoms with E-state index >= 15 is 0 Å². The number of hydrogen-bond donors (Lipinski definition) is 2. The van der Waals surface area contributed by atoms with Crippen LogP contribution in [0.3, 0.4) is 0 Å². The Morgan fingerprint density at radius 1 is 0.784 bits per heavy atom. The lowest BCUT2D eigenvalue weighted by Gasteiger charge is -2.26. The van der Waals surface area contributed by atoms with Gasteiger partial charge in [-0.1, -0.05) is 6.42 Å². The standard InChI is InChI=1S/C28H25N9/c1-2-10-37(11-3-1)17-18-12-20(15-30-14-18)21-13-23-25(35-36-26(23)32-16-21)28-33-24-22(6-9-31-27(24)34-28)19-4-7-29-8-5-19/h4-9,12-16H,1-3,10-11,17H2,(H,31,33,34)(H,32,35,36). The number of rotatable bonds is 5. The molecule has 1 aliphatic heterocycles. The van der Waals surface area contributed by atoms with E-state index < -0.39 is 0 Å². The summed E-state index contributed by atoms with van der Waals surface area (Å²) in [6.07, 6.45) is 15.0. The molecule has 0 atom stereocenters. The summed E-state index contributed by atoms with van der Waals surface area (Å²) in [7, 11) is 0. The molecule has 182 valence electrons. The fraction of sp³-hybridized carbons (Fsp3) is 0.214. The van der Waals surface area contributed by atoms with E-state index in [1.165, 1.54) is 24.8 Å². The first-order valence-electron chi connectivity index (χ1n) is 12.6. The van der Waals surface area contributed by atoms with Crippen molar-refractivity contribution in [2.75, 3.05) is 13.1 Å². The predicted molar refractivity (Wildman–Crippen MR) is 142 cm³/mol. The Bertz CT molecular complexity index is 1700. The second kappa shape index (κ2) is 9.18. The molecule has 0 bridgehead atoms. The normalized spacial score (nSPS) is 14.5. The molecule has 6 aromatic rings. The van der Waals surface area contributed by atoms with Crippen molar-refractivity contribution in [1.29, 1.82) is 0 Å². The minimum atomic E-state index is 0.645. The number of aromatic amines is 2. The number of nitrogens with one attached hydrogen (secondary N) is 2. The smallest absolute Gasteiger partial charge is 0.161 e. The molecule has 0 spiro atoms. The van der Waals surface area contributed by atoms with Gasteiger partial charge < -0.3 is 4.98 Å². The molecule has 0 radical (unpaired) electrons. The summed E-state index contributed by atoms with van der Waals surface area (Å²) in [5.41, 5.74) is 8.20. The highest BCUT2D eigenvalue weighted by molar-refractivity contribution is 5.96. The Hall–Kier alpha value is -4.50. The highest BCUT2D eigenvalue weighted by Crippen LogP contribution is 2.31. The van der Waals surface area contributed by atoms with Gasteiger partial charge in [0.1, 0.15) is 11.2 Å². The van der Waals surface area contributed by atoms with Crippen molar-refractivity contribution < 1.29 is 0 Å². The van der Waals surface area contributed by atoms with Gasteiger partial charge in [-0.05, 0) is 67.4 Å². The molecule has 9 nitrogen and oxygen atoms in total. The number of hydrogen-bond acceptors (Lipinski definition) is 7. The molecule has 0 aromatic carbocycles. The van der Waals surface area contributed by atoms with Crippen molar-refractivity contribution in [2.24, 2.45) is 0 Å². The Morgan fingerprint density at radius 3 is 2.54 bits per heavy atom. The molecule has 7 heterocycles. The Kier molecular flexibility index (Phi) is 5.40. The maximum atomic E-state index is 4.90. The predicted octanol–water partition coefficient (Wildman–Crippen LogP) is 5.01. The largest absolute Gasteiger partial charge is 0.321 e. The molecule has 0 saturated carbocycles. The first kappa shape index (κ1) is 21.8. The van der Waals surface area contributed by atoms with Crippen molar-refractivity contribution in [1.82, 2.24) is 45.0 Å². The molecule has 0 unspecified atom stereocenters. The average Bonchev–Trinajstić information content (AvgIpc) is 3.58. The number of piperidine rings is 1. The van der Waals surface area contributed by atoms with Gasteiger partial charge in [-0.25, -0.2) is 15.0 Å². The van der Waals surface area contributed by atoms with E-state index in [-0.39, 0.29) is 0 Å². The fourth-order valence-electron chi connectivity index (χ4n) is 5.14. The Balaban J connectivity index is 1.26. The molecule has 7 rings (SSSR count). The van der Waals surface area contributed by atoms with Gasteiger partial charge in [0.25, 0.3) is 0 Å². The molecule has 9 heteroatoms. The number of imidazole rings is 1. The minimum absolute atomic E-state index is 0.645. The summed E-state index contributed by atoms with van der Waals surface area (Å²) in [6.45, 7) is 3.25. The molecule has 1 aliphatic rings. The first-order chi connectivity index (χ1) is 18.3. The zero-order valence-corrected chi connectivity index (χ0v) is 20.2. The van der Waals surface area contributed by atoms with Crippen molar-refractivity contribution in [3.05, 3.63) is 73.1 Å². The maximum absolute atomic E-state index is 4.90. The van der Waals surface area contributed by atoms with Crippen molar-refractivity contribution >= 4 is 22.2 Å². The van der Waals surface area contributed by atoms with Crippen LogP contribution in [0.4, 0.5) is 0 Å². The van der Waals surface area contributed by atoms with Crippen molar-refractivity contribution in [3.63, 3.8) is 0 Å². The molecule has 1 fully saturated rings. The van der Waals surface area contributed by atoms with Gasteiger partial charge >= 0.3 is 0 Å². The van der Waals surface area contributed by atoms with Crippen molar-refractivity contribution in [2.45, 2.75) is 25.8 Å². The Labute approximate surface area is 213 Å². The lowest BCUT2D eigenvalue weighted by molar-refractivity contribution is 0.220. The third-order valence-corrected chi connectivity index (χ3v) is 7.00. The van der Waals surface area contributed by atoms with Gasteiger partial charge in [0, 0.05) is 60.4 Å². The second-order valence-electron chi connectivity index (χ2n) is 9.49. The zero-order chi connectivity index (χ0) is 24.6. The highest BCUT2D eigenvalue weighted by atomic mass is 15.2. The van der Waals surface area contributed by atoms with Crippen LogP contribution in [0, 0.1) is 0 Å². The third-order valence-electron chi connectivity index (χ3n) is 7.00. The molecular formula is C28H25N9. The van der Waals surface area contributed by atoms with Gasteiger partial charge in [-0.3, -0.25) is 20.0 Å². The lowest BCUT2D eigenvalue weighted by atomic mass is 10.1. The van der Waals surface area contributed by atoms with E-state index in [9.17, 15) is 0 Å². The lowest BCUT2D eigenvalue weighted by Crippen LogP contribution is -2.29. The minimum Gasteiger partial charge on any atom is -0.321 e. The number of likely N-dealkylation sites (tertiary alicyclic amines) is 1. The van der Waals surface area contributed by atoms with Gasteiger partial charge in [-0.2, -0.15) is 5.10 Å². The van der Waals surface area contributed by atoms with Crippen LogP contribution in [0.2, 0.25) is 0 Å². The number of fused-ring (bicyclic) bond motifs is 2. The zero-order valence-electron chi connectivity index (χ0n) is 20.2. The van der Waals surface area contributed by atoms with E-state index in [1.54, 1.807) is 18.6 Å². The summed E-state index contributed by atoms with van der Waals surface area (Å²) in [6, 6.07) is 10.2. The number of H-pyrrole nitrogens is 2. The monoisotopic (exact) mass is 487 g/mol. The van der Waals surface area contributed by atoms with Crippen LogP contribution < -0.4 is 0 Å². The fourth-order valence-corrected chi connectivity index (χ4v) is 5.14. The number of aromatic nitrogens is 8. The van der Waals surface area contributed by atoms with Gasteiger partial charge in [0.2, 0.25) is 0 Å². The van der Waals surface area contributed by atoms with E-state index in [4.69, 9.17) is 4.98 Å². The van der Waals surface area contributed by atoms with E-state index in [1.807, 2.05) is 36.8 Å². The maximum Gasteiger partial charge on any atom is 0.161 e. The van der Waals surface area contributed by atoms with Crippen LogP contribution in [-0.2, 0) is 6.54 Å². The first-order valence-corrected chi connectivity index (χ1v) is 12.6. The molecular weight excluding hydrogens is 462 g/mol. The quantitative estimate of drug-likeness (QED) is 0.352. The van der Waals surface area contributed by atoms with Crippen molar-refractivity contribution in [3.8, 4) is 33.8 Å². The van der Waals surface area contributed by atoms with Crippen LogP contribution >= 0.6 is 0 Å². The summed E-state index contributed by atoms with van der Waals surface area (Å²) in [5.74, 6) is 0.645. The third kappa shape index (κ3) is 4.13. The summed E-state index contributed by atoms with van der Waals surface area (Å²) in [4.78, 5) is 28.6. The molecule has 1 saturated heterocycles. The van der Waals surface area contributed by atoms with E-state index in [0.717, 1.165) is 52.8 Å². The SMILES string of the molecule is c1cc(-c2ccnc3[nH]c(-c4n[nH]c5ncc(-c6cncc(CN7CCCCC7)c6)cc45)nc23)ccn1. The van der Waals surface area contributed by atoms with Crippen LogP contribution in [0.15, 0.2) is 67.5 Å². The van der Waals surface area contributed by atoms with Gasteiger partial charge in [0.15, 0.2) is 17.1 Å². The highest BCUT2D eigenvalue weighted by Gasteiger charge is 2.17. The number of nitrogens with zero attached hydrogens (tertiary/aromatic N) is 7. The average molecular weight is 488 g/mol. The molecule has 2 N–H and O–H groups in total. The molecule has 0 aliphatic carbocycles. The van der Waals surface area contributed by atoms with E-state index in [2.05, 4.69) is 52.1 Å². The topological polar surface area (TPSA) is 112 Å². The van der Waals surface area contributed by atoms with Crippen LogP contribution in [0.1, 0.15) is 24.8 Å². The number of pyridine rings is 4. The Morgan fingerprint density at radius 2 is 1.65 bits per heavy atom. The van der Waals surface area contributed by atoms with Crippen LogP contribution in [-0.4, -0.2) is 58.1 Å². The summed E-state index contributed by atoms with van der Waals surface area (Å²) < 4.78 is 0. The summed E-state index contributed by atoms with van der Waals surface area (Å²) in [5, 5.41) is 8.49. The summed E-state index contributed by atoms with van der Waals surface area (Å²) >= 11 is 0.